The third-order valence-electron chi connectivity index (χ3n) is 9.55. The average molecular weight is 619 g/mol. The molecule has 0 spiro atoms. The molecule has 41 heavy (non-hydrogen) atoms. The molecule has 1 N–H and O–H groups in total. The van der Waals surface area contributed by atoms with Gasteiger partial charge in [0.05, 0.1) is 16.5 Å². The number of hydrogen-bond donors (Lipinski definition) is 1. The Morgan fingerprint density at radius 3 is 2.37 bits per heavy atom. The van der Waals surface area contributed by atoms with Gasteiger partial charge in [-0.25, -0.2) is 4.98 Å². The summed E-state index contributed by atoms with van der Waals surface area (Å²) in [6.07, 6.45) is 5.86. The number of aromatic nitrogens is 1. The summed E-state index contributed by atoms with van der Waals surface area (Å²) in [6, 6.07) is 16.4. The van der Waals surface area contributed by atoms with Crippen molar-refractivity contribution in [2.24, 2.45) is 5.41 Å². The zero-order valence-corrected chi connectivity index (χ0v) is 26.1. The minimum atomic E-state index is -0.532. The van der Waals surface area contributed by atoms with Crippen LogP contribution in [-0.2, 0) is 9.53 Å². The van der Waals surface area contributed by atoms with Crippen molar-refractivity contribution in [2.75, 3.05) is 18.0 Å². The lowest BCUT2D eigenvalue weighted by atomic mass is 9.51. The molecule has 2 bridgehead atoms. The van der Waals surface area contributed by atoms with Crippen molar-refractivity contribution in [3.8, 4) is 0 Å². The Hall–Kier alpha value is -2.93. The number of ether oxygens (including phenoxy) is 1. The first-order valence-electron chi connectivity index (χ1n) is 15.0. The highest BCUT2D eigenvalue weighted by molar-refractivity contribution is 9.10. The van der Waals surface area contributed by atoms with Gasteiger partial charge in [-0.1, -0.05) is 46.3 Å². The van der Waals surface area contributed by atoms with Crippen LogP contribution in [0.5, 0.6) is 0 Å². The van der Waals surface area contributed by atoms with E-state index in [0.717, 1.165) is 71.1 Å². The third kappa shape index (κ3) is 5.15. The van der Waals surface area contributed by atoms with Gasteiger partial charge in [0, 0.05) is 40.0 Å². The van der Waals surface area contributed by atoms with Crippen LogP contribution in [0.3, 0.4) is 0 Å². The molecule has 4 aliphatic rings. The molecule has 0 radical (unpaired) electrons. The minimum absolute atomic E-state index is 0.0147. The molecule has 2 heterocycles. The molecular formula is C34H40BrN3O3. The van der Waals surface area contributed by atoms with E-state index in [1.807, 2.05) is 64.1 Å². The number of esters is 1. The smallest absolute Gasteiger partial charge is 0.312 e. The van der Waals surface area contributed by atoms with Crippen molar-refractivity contribution in [1.29, 1.82) is 0 Å². The van der Waals surface area contributed by atoms with E-state index in [2.05, 4.69) is 38.3 Å². The van der Waals surface area contributed by atoms with Gasteiger partial charge in [0.25, 0.3) is 5.91 Å². The van der Waals surface area contributed by atoms with Crippen molar-refractivity contribution < 1.29 is 14.3 Å². The maximum atomic E-state index is 14.5. The van der Waals surface area contributed by atoms with E-state index in [1.54, 1.807) is 0 Å². The van der Waals surface area contributed by atoms with Crippen LogP contribution in [0.2, 0.25) is 0 Å². The zero-order valence-electron chi connectivity index (χ0n) is 24.6. The Morgan fingerprint density at radius 2 is 1.71 bits per heavy atom. The molecule has 6 nitrogen and oxygen atoms in total. The molecule has 216 valence electrons. The molecule has 3 saturated carbocycles. The molecule has 2 aromatic carbocycles. The van der Waals surface area contributed by atoms with E-state index in [0.29, 0.717) is 24.8 Å². The summed E-state index contributed by atoms with van der Waals surface area (Å²) < 4.78 is 6.88. The molecule has 1 aromatic heterocycles. The molecule has 7 rings (SSSR count). The lowest BCUT2D eigenvalue weighted by molar-refractivity contribution is -0.176. The largest absolute Gasteiger partial charge is 0.460 e. The van der Waals surface area contributed by atoms with Gasteiger partial charge >= 0.3 is 5.97 Å². The zero-order chi connectivity index (χ0) is 29.0. The van der Waals surface area contributed by atoms with Crippen molar-refractivity contribution in [1.82, 2.24) is 10.3 Å². The monoisotopic (exact) mass is 617 g/mol. The lowest BCUT2D eigenvalue weighted by Gasteiger charge is -2.57. The van der Waals surface area contributed by atoms with Crippen LogP contribution in [0.4, 0.5) is 5.82 Å². The predicted octanol–water partition coefficient (Wildman–Crippen LogP) is 7.46. The Labute approximate surface area is 251 Å². The number of carbonyl (C=O) groups excluding carboxylic acids is 2. The summed E-state index contributed by atoms with van der Waals surface area (Å²) in [4.78, 5) is 35.4. The quantitative estimate of drug-likeness (QED) is 0.301. The van der Waals surface area contributed by atoms with E-state index in [-0.39, 0.29) is 17.8 Å². The summed E-state index contributed by atoms with van der Waals surface area (Å²) in [5, 5.41) is 4.47. The molecule has 7 heteroatoms. The topological polar surface area (TPSA) is 71.5 Å². The number of benzene rings is 2. The predicted molar refractivity (Wildman–Crippen MR) is 166 cm³/mol. The number of fused-ring (bicyclic) bond motifs is 4. The van der Waals surface area contributed by atoms with Crippen LogP contribution in [0.15, 0.2) is 53.0 Å². The first-order chi connectivity index (χ1) is 19.5. The Kier molecular flexibility index (Phi) is 7.16. The van der Waals surface area contributed by atoms with Crippen LogP contribution in [0.1, 0.15) is 93.1 Å². The molecule has 1 unspecified atom stereocenters. The molecule has 1 saturated heterocycles. The molecule has 1 atom stereocenters. The van der Waals surface area contributed by atoms with Crippen LogP contribution in [0, 0.1) is 12.3 Å². The molecular weight excluding hydrogens is 578 g/mol. The fourth-order valence-corrected chi connectivity index (χ4v) is 7.82. The fourth-order valence-electron chi connectivity index (χ4n) is 7.46. The summed E-state index contributed by atoms with van der Waals surface area (Å²) >= 11 is 3.62. The summed E-state index contributed by atoms with van der Waals surface area (Å²) in [7, 11) is 0. The lowest BCUT2D eigenvalue weighted by Crippen LogP contribution is -2.62. The summed E-state index contributed by atoms with van der Waals surface area (Å²) in [6.45, 7) is 9.76. The first-order valence-corrected chi connectivity index (χ1v) is 15.8. The van der Waals surface area contributed by atoms with Gasteiger partial charge in [0.1, 0.15) is 11.4 Å². The van der Waals surface area contributed by atoms with E-state index < -0.39 is 16.6 Å². The highest BCUT2D eigenvalue weighted by Crippen LogP contribution is 2.59. The Balaban J connectivity index is 1.40. The second-order valence-corrected chi connectivity index (χ2v) is 14.3. The molecule has 4 fully saturated rings. The van der Waals surface area contributed by atoms with Gasteiger partial charge in [-0.2, -0.15) is 0 Å². The van der Waals surface area contributed by atoms with Crippen LogP contribution in [0.25, 0.3) is 10.9 Å². The van der Waals surface area contributed by atoms with Gasteiger partial charge in [-0.05, 0) is 96.4 Å². The van der Waals surface area contributed by atoms with Gasteiger partial charge in [0.2, 0.25) is 0 Å². The summed E-state index contributed by atoms with van der Waals surface area (Å²) in [5.41, 5.74) is 2.13. The number of carbonyl (C=O) groups is 2. The third-order valence-corrected chi connectivity index (χ3v) is 10.0. The first kappa shape index (κ1) is 28.2. The van der Waals surface area contributed by atoms with Crippen molar-refractivity contribution in [3.63, 3.8) is 0 Å². The van der Waals surface area contributed by atoms with Gasteiger partial charge in [0.15, 0.2) is 0 Å². The SMILES string of the molecule is Cc1c(N2CCCC2)nc2ccc(Br)cc2c1C(=O)NC12CCC(C(=O)OC(C)(C)C)(CC1)CC2c1ccccc1. The minimum Gasteiger partial charge on any atom is -0.460 e. The second-order valence-electron chi connectivity index (χ2n) is 13.4. The van der Waals surface area contributed by atoms with E-state index in [4.69, 9.17) is 9.72 Å². The van der Waals surface area contributed by atoms with Crippen LogP contribution >= 0.6 is 15.9 Å². The van der Waals surface area contributed by atoms with Gasteiger partial charge in [-0.15, -0.1) is 0 Å². The Bertz CT molecular complexity index is 1480. The number of pyridine rings is 1. The molecule has 1 aliphatic heterocycles. The van der Waals surface area contributed by atoms with Crippen LogP contribution in [-0.4, -0.2) is 41.1 Å². The van der Waals surface area contributed by atoms with E-state index >= 15 is 0 Å². The van der Waals surface area contributed by atoms with E-state index in [9.17, 15) is 9.59 Å². The molecule has 3 aliphatic carbocycles. The van der Waals surface area contributed by atoms with Gasteiger partial charge < -0.3 is 15.0 Å². The second kappa shape index (κ2) is 10.4. The number of amides is 1. The molecule has 3 aromatic rings. The number of nitrogens with zero attached hydrogens (tertiary/aromatic N) is 2. The van der Waals surface area contributed by atoms with Gasteiger partial charge in [-0.3, -0.25) is 9.59 Å². The van der Waals surface area contributed by atoms with Crippen LogP contribution < -0.4 is 10.2 Å². The summed E-state index contributed by atoms with van der Waals surface area (Å²) in [5.74, 6) is 0.777. The maximum Gasteiger partial charge on any atom is 0.312 e. The highest BCUT2D eigenvalue weighted by atomic mass is 79.9. The van der Waals surface area contributed by atoms with Crippen molar-refractivity contribution in [3.05, 3.63) is 69.7 Å². The number of anilines is 1. The maximum absolute atomic E-state index is 14.5. The number of hydrogen-bond acceptors (Lipinski definition) is 5. The van der Waals surface area contributed by atoms with E-state index in [1.165, 1.54) is 0 Å². The van der Waals surface area contributed by atoms with Crippen molar-refractivity contribution in [2.45, 2.75) is 89.7 Å². The standard InChI is InChI=1S/C34H40BrN3O3/c1-22-28(25-20-24(35)12-13-27(25)36-29(22)38-18-8-9-19-38)30(39)37-34-16-14-33(15-17-34,31(40)41-32(2,3)4)21-26(34)23-10-6-5-7-11-23/h5-7,10-13,20,26H,8-9,14-19,21H2,1-4H3,(H,37,39). The Morgan fingerprint density at radius 1 is 1.02 bits per heavy atom. The number of halogens is 1. The number of rotatable bonds is 5. The fraction of sp³-hybridized carbons (Fsp3) is 0.500. The molecule has 1 amide bonds. The highest BCUT2D eigenvalue weighted by Gasteiger charge is 2.59. The normalized spacial score (nSPS) is 25.9. The average Bonchev–Trinajstić information content (AvgIpc) is 3.47. The number of nitrogens with one attached hydrogen (secondary N) is 1. The van der Waals surface area contributed by atoms with Crippen molar-refractivity contribution >= 4 is 44.5 Å².